The van der Waals surface area contributed by atoms with Crippen LogP contribution in [0.15, 0.2) is 88.7 Å². The van der Waals surface area contributed by atoms with Crippen molar-refractivity contribution in [2.45, 2.75) is 9.79 Å². The van der Waals surface area contributed by atoms with E-state index in [1.807, 2.05) is 0 Å². The molecule has 0 aromatic heterocycles. The standard InChI is InChI=1S/C19H14ClNO3S/c20-15-8-10-16(11-9-15)21-19(22)14-6-12-18(13-7-14)25(23,24)17-4-2-1-3-5-17/h1-13H,(H,21,22). The Bertz CT molecular complexity index is 983. The smallest absolute Gasteiger partial charge is 0.255 e. The van der Waals surface area contributed by atoms with E-state index < -0.39 is 9.84 Å². The van der Waals surface area contributed by atoms with Gasteiger partial charge in [0.1, 0.15) is 0 Å². The first-order valence-electron chi connectivity index (χ1n) is 7.44. The van der Waals surface area contributed by atoms with Crippen LogP contribution in [0.25, 0.3) is 0 Å². The fourth-order valence-corrected chi connectivity index (χ4v) is 3.67. The first-order chi connectivity index (χ1) is 12.0. The predicted octanol–water partition coefficient (Wildman–Crippen LogP) is 4.43. The summed E-state index contributed by atoms with van der Waals surface area (Å²) in [4.78, 5) is 12.6. The zero-order chi connectivity index (χ0) is 17.9. The first-order valence-corrected chi connectivity index (χ1v) is 9.30. The normalized spacial score (nSPS) is 11.1. The SMILES string of the molecule is O=C(Nc1ccc(Cl)cc1)c1ccc(S(=O)(=O)c2ccccc2)cc1. The van der Waals surface area contributed by atoms with Crippen molar-refractivity contribution in [1.29, 1.82) is 0 Å². The molecule has 0 aliphatic rings. The van der Waals surface area contributed by atoms with Crippen LogP contribution in [-0.2, 0) is 9.84 Å². The number of halogens is 1. The molecule has 0 aliphatic carbocycles. The Balaban J connectivity index is 1.80. The maximum atomic E-state index is 12.5. The van der Waals surface area contributed by atoms with Gasteiger partial charge in [0.05, 0.1) is 9.79 Å². The lowest BCUT2D eigenvalue weighted by molar-refractivity contribution is 0.102. The Kier molecular flexibility index (Phi) is 4.88. The molecule has 126 valence electrons. The molecule has 3 rings (SSSR count). The van der Waals surface area contributed by atoms with Gasteiger partial charge in [-0.3, -0.25) is 4.79 Å². The van der Waals surface area contributed by atoms with Crippen molar-refractivity contribution in [3.8, 4) is 0 Å². The Labute approximate surface area is 151 Å². The fraction of sp³-hybridized carbons (Fsp3) is 0. The van der Waals surface area contributed by atoms with E-state index in [9.17, 15) is 13.2 Å². The molecule has 0 saturated heterocycles. The van der Waals surface area contributed by atoms with Crippen molar-refractivity contribution in [3.05, 3.63) is 89.4 Å². The molecule has 0 unspecified atom stereocenters. The monoisotopic (exact) mass is 371 g/mol. The number of hydrogen-bond donors (Lipinski definition) is 1. The van der Waals surface area contributed by atoms with Crippen LogP contribution in [0.2, 0.25) is 5.02 Å². The highest BCUT2D eigenvalue weighted by atomic mass is 35.5. The molecule has 3 aromatic carbocycles. The summed E-state index contributed by atoms with van der Waals surface area (Å²) < 4.78 is 25.0. The Morgan fingerprint density at radius 3 is 1.92 bits per heavy atom. The van der Waals surface area contributed by atoms with Gasteiger partial charge < -0.3 is 5.32 Å². The maximum absolute atomic E-state index is 12.5. The van der Waals surface area contributed by atoms with E-state index in [0.717, 1.165) is 0 Å². The molecule has 0 heterocycles. The minimum absolute atomic E-state index is 0.141. The molecule has 1 amide bonds. The summed E-state index contributed by atoms with van der Waals surface area (Å²) in [5.41, 5.74) is 0.970. The quantitative estimate of drug-likeness (QED) is 0.738. The molecule has 0 fully saturated rings. The van der Waals surface area contributed by atoms with Gasteiger partial charge in [-0.15, -0.1) is 0 Å². The zero-order valence-corrected chi connectivity index (χ0v) is 14.6. The van der Waals surface area contributed by atoms with E-state index in [0.29, 0.717) is 16.3 Å². The van der Waals surface area contributed by atoms with Crippen molar-refractivity contribution in [3.63, 3.8) is 0 Å². The largest absolute Gasteiger partial charge is 0.322 e. The van der Waals surface area contributed by atoms with Crippen LogP contribution in [-0.4, -0.2) is 14.3 Å². The number of amides is 1. The van der Waals surface area contributed by atoms with Gasteiger partial charge in [0.25, 0.3) is 5.91 Å². The molecule has 0 bridgehead atoms. The van der Waals surface area contributed by atoms with Crippen molar-refractivity contribution in [1.82, 2.24) is 0 Å². The molecule has 25 heavy (non-hydrogen) atoms. The molecule has 0 saturated carbocycles. The summed E-state index contributed by atoms with van der Waals surface area (Å²) in [6.45, 7) is 0. The molecule has 6 heteroatoms. The molecule has 0 spiro atoms. The molecular weight excluding hydrogens is 358 g/mol. The van der Waals surface area contributed by atoms with Crippen LogP contribution in [0, 0.1) is 0 Å². The highest BCUT2D eigenvalue weighted by Gasteiger charge is 2.17. The van der Waals surface area contributed by atoms with Crippen LogP contribution in [0.5, 0.6) is 0 Å². The zero-order valence-electron chi connectivity index (χ0n) is 13.0. The lowest BCUT2D eigenvalue weighted by Crippen LogP contribution is -2.12. The molecule has 1 N–H and O–H groups in total. The summed E-state index contributed by atoms with van der Waals surface area (Å²) in [6, 6.07) is 20.7. The topological polar surface area (TPSA) is 63.2 Å². The summed E-state index contributed by atoms with van der Waals surface area (Å²) in [7, 11) is -3.59. The number of rotatable bonds is 4. The fourth-order valence-electron chi connectivity index (χ4n) is 2.26. The molecule has 4 nitrogen and oxygen atoms in total. The van der Waals surface area contributed by atoms with E-state index in [1.165, 1.54) is 36.4 Å². The number of nitrogens with one attached hydrogen (secondary N) is 1. The van der Waals surface area contributed by atoms with Crippen LogP contribution in [0.3, 0.4) is 0 Å². The van der Waals surface area contributed by atoms with Gasteiger partial charge in [0, 0.05) is 16.3 Å². The van der Waals surface area contributed by atoms with Crippen molar-refractivity contribution >= 4 is 33.0 Å². The highest BCUT2D eigenvalue weighted by molar-refractivity contribution is 7.91. The molecular formula is C19H14ClNO3S. The van der Waals surface area contributed by atoms with Crippen molar-refractivity contribution < 1.29 is 13.2 Å². The van der Waals surface area contributed by atoms with Gasteiger partial charge in [0.15, 0.2) is 0 Å². The van der Waals surface area contributed by atoms with Gasteiger partial charge >= 0.3 is 0 Å². The van der Waals surface area contributed by atoms with E-state index >= 15 is 0 Å². The molecule has 3 aromatic rings. The van der Waals surface area contributed by atoms with Gasteiger partial charge in [-0.1, -0.05) is 29.8 Å². The van der Waals surface area contributed by atoms with Gasteiger partial charge in [0.2, 0.25) is 9.84 Å². The van der Waals surface area contributed by atoms with Crippen LogP contribution >= 0.6 is 11.6 Å². The minimum Gasteiger partial charge on any atom is -0.322 e. The number of hydrogen-bond acceptors (Lipinski definition) is 3. The van der Waals surface area contributed by atoms with Crippen LogP contribution in [0.4, 0.5) is 5.69 Å². The average molecular weight is 372 g/mol. The number of carbonyl (C=O) groups is 1. The third-order valence-electron chi connectivity index (χ3n) is 3.58. The number of carbonyl (C=O) groups excluding carboxylic acids is 1. The van der Waals surface area contributed by atoms with E-state index in [4.69, 9.17) is 11.6 Å². The minimum atomic E-state index is -3.59. The average Bonchev–Trinajstić information content (AvgIpc) is 2.64. The third kappa shape index (κ3) is 3.90. The molecule has 0 aliphatic heterocycles. The Hall–Kier alpha value is -2.63. The number of benzene rings is 3. The van der Waals surface area contributed by atoms with E-state index in [1.54, 1.807) is 42.5 Å². The lowest BCUT2D eigenvalue weighted by atomic mass is 10.2. The highest BCUT2D eigenvalue weighted by Crippen LogP contribution is 2.21. The van der Waals surface area contributed by atoms with Gasteiger partial charge in [-0.05, 0) is 60.7 Å². The molecule has 0 radical (unpaired) electrons. The number of sulfone groups is 1. The number of anilines is 1. The van der Waals surface area contributed by atoms with Crippen LogP contribution in [0.1, 0.15) is 10.4 Å². The second kappa shape index (κ2) is 7.09. The second-order valence-corrected chi connectivity index (χ2v) is 7.69. The van der Waals surface area contributed by atoms with Crippen molar-refractivity contribution in [2.75, 3.05) is 5.32 Å². The first kappa shape index (κ1) is 17.2. The lowest BCUT2D eigenvalue weighted by Gasteiger charge is -2.07. The predicted molar refractivity (Wildman–Crippen MR) is 97.7 cm³/mol. The van der Waals surface area contributed by atoms with Gasteiger partial charge in [-0.2, -0.15) is 0 Å². The third-order valence-corrected chi connectivity index (χ3v) is 5.62. The van der Waals surface area contributed by atoms with Crippen LogP contribution < -0.4 is 5.32 Å². The van der Waals surface area contributed by atoms with E-state index in [2.05, 4.69) is 5.32 Å². The van der Waals surface area contributed by atoms with E-state index in [-0.39, 0.29) is 15.7 Å². The molecule has 0 atom stereocenters. The Morgan fingerprint density at radius 2 is 1.32 bits per heavy atom. The van der Waals surface area contributed by atoms with Gasteiger partial charge in [-0.25, -0.2) is 8.42 Å². The maximum Gasteiger partial charge on any atom is 0.255 e. The second-order valence-electron chi connectivity index (χ2n) is 5.30. The Morgan fingerprint density at radius 1 is 0.760 bits per heavy atom. The summed E-state index contributed by atoms with van der Waals surface area (Å²) in [5, 5.41) is 3.31. The summed E-state index contributed by atoms with van der Waals surface area (Å²) in [6.07, 6.45) is 0. The van der Waals surface area contributed by atoms with Crippen molar-refractivity contribution in [2.24, 2.45) is 0 Å². The summed E-state index contributed by atoms with van der Waals surface area (Å²) >= 11 is 5.81. The summed E-state index contributed by atoms with van der Waals surface area (Å²) in [5.74, 6) is -0.328.